The predicted octanol–water partition coefficient (Wildman–Crippen LogP) is 2.74. The van der Waals surface area contributed by atoms with Crippen LogP contribution < -0.4 is 10.1 Å². The van der Waals surface area contributed by atoms with Crippen LogP contribution in [0, 0.1) is 0 Å². The van der Waals surface area contributed by atoms with Crippen molar-refractivity contribution in [2.45, 2.75) is 30.4 Å². The van der Waals surface area contributed by atoms with Crippen molar-refractivity contribution >= 4 is 23.7 Å². The topological polar surface area (TPSA) is 116 Å². The Morgan fingerprint density at radius 3 is 2.03 bits per heavy atom. The number of rotatable bonds is 9. The molecule has 0 aromatic heterocycles. The third kappa shape index (κ3) is 11.8. The molecule has 0 saturated carbocycles. The first kappa shape index (κ1) is 24.5. The molecule has 0 aliphatic heterocycles. The van der Waals surface area contributed by atoms with Gasteiger partial charge in [-0.25, -0.2) is 9.59 Å². The summed E-state index contributed by atoms with van der Waals surface area (Å²) in [6.07, 6.45) is -0.531. The maximum absolute atomic E-state index is 10.1. The lowest BCUT2D eigenvalue weighted by Gasteiger charge is -2.27. The molecule has 158 valence electrons. The number of hydrogen-bond donors (Lipinski definition) is 4. The van der Waals surface area contributed by atoms with Gasteiger partial charge in [0.1, 0.15) is 18.5 Å². The number of para-hydroxylation sites is 1. The normalized spacial score (nSPS) is 11.7. The number of benzene rings is 2. The van der Waals surface area contributed by atoms with Crippen LogP contribution in [0.15, 0.2) is 65.6 Å². The number of aliphatic carboxylic acids is 2. The second-order valence-corrected chi connectivity index (χ2v) is 7.80. The number of β-amino-alcohol motifs (C(OH)–C–C–N with tert-alkyl or cyclic N) is 1. The van der Waals surface area contributed by atoms with Gasteiger partial charge >= 0.3 is 11.9 Å². The first-order chi connectivity index (χ1) is 13.7. The molecule has 2 aromatic carbocycles. The molecule has 2 aromatic rings. The van der Waals surface area contributed by atoms with Crippen molar-refractivity contribution in [3.05, 3.63) is 60.7 Å². The molecule has 4 N–H and O–H groups in total. The summed E-state index contributed by atoms with van der Waals surface area (Å²) in [6, 6.07) is 19.9. The lowest BCUT2D eigenvalue weighted by molar-refractivity contribution is -0.159. The van der Waals surface area contributed by atoms with E-state index in [1.165, 1.54) is 4.90 Å². The summed E-state index contributed by atoms with van der Waals surface area (Å²) in [5, 5.41) is 28.3. The molecule has 1 unspecified atom stereocenters. The standard InChI is InChI=1S/C19H25NO2S.C2H2O4/c1-19(2,15-23-18-11-7-4-8-12-18)20-13-16(21)14-22-17-9-5-3-6-10-17;3-1(4)2(5)6/h3-12,16,20-21H,13-15H2,1-2H3;(H,3,4)(H,5,6). The fourth-order valence-electron chi connectivity index (χ4n) is 1.99. The van der Waals surface area contributed by atoms with E-state index in [1.54, 1.807) is 0 Å². The van der Waals surface area contributed by atoms with Gasteiger partial charge in [0.05, 0.1) is 0 Å². The van der Waals surface area contributed by atoms with Crippen molar-refractivity contribution in [2.24, 2.45) is 0 Å². The van der Waals surface area contributed by atoms with Gasteiger partial charge in [0.25, 0.3) is 0 Å². The van der Waals surface area contributed by atoms with Crippen LogP contribution in [-0.2, 0) is 9.59 Å². The van der Waals surface area contributed by atoms with E-state index in [9.17, 15) is 5.11 Å². The van der Waals surface area contributed by atoms with Gasteiger partial charge in [0.15, 0.2) is 0 Å². The number of thioether (sulfide) groups is 1. The van der Waals surface area contributed by atoms with Crippen molar-refractivity contribution < 1.29 is 29.6 Å². The summed E-state index contributed by atoms with van der Waals surface area (Å²) < 4.78 is 5.57. The van der Waals surface area contributed by atoms with Gasteiger partial charge in [-0.1, -0.05) is 36.4 Å². The third-order valence-electron chi connectivity index (χ3n) is 3.53. The highest BCUT2D eigenvalue weighted by Crippen LogP contribution is 2.22. The van der Waals surface area contributed by atoms with Crippen LogP contribution >= 0.6 is 11.8 Å². The predicted molar refractivity (Wildman–Crippen MR) is 112 cm³/mol. The molecule has 0 bridgehead atoms. The quantitative estimate of drug-likeness (QED) is 0.361. The maximum atomic E-state index is 10.1. The number of carboxylic acid groups (broad SMARTS) is 2. The molecular weight excluding hydrogens is 394 g/mol. The van der Waals surface area contributed by atoms with Crippen molar-refractivity contribution in [2.75, 3.05) is 18.9 Å². The van der Waals surface area contributed by atoms with E-state index in [0.717, 1.165) is 11.5 Å². The number of carbonyl (C=O) groups is 2. The van der Waals surface area contributed by atoms with Gasteiger partial charge in [0.2, 0.25) is 0 Å². The fourth-order valence-corrected chi connectivity index (χ4v) is 2.97. The molecule has 0 spiro atoms. The van der Waals surface area contributed by atoms with Gasteiger partial charge in [-0.3, -0.25) is 0 Å². The SMILES string of the molecule is CC(C)(CSc1ccccc1)NCC(O)COc1ccccc1.O=C(O)C(=O)O. The number of carboxylic acids is 2. The van der Waals surface area contributed by atoms with E-state index < -0.39 is 18.0 Å². The van der Waals surface area contributed by atoms with Crippen LogP contribution in [0.4, 0.5) is 0 Å². The number of nitrogens with one attached hydrogen (secondary N) is 1. The molecule has 1 atom stereocenters. The summed E-state index contributed by atoms with van der Waals surface area (Å²) in [7, 11) is 0. The van der Waals surface area contributed by atoms with Crippen LogP contribution in [-0.4, -0.2) is 57.8 Å². The smallest absolute Gasteiger partial charge is 0.414 e. The zero-order chi connectivity index (χ0) is 21.7. The Kier molecular flexibility index (Phi) is 10.8. The maximum Gasteiger partial charge on any atom is 0.414 e. The Morgan fingerprint density at radius 2 is 1.52 bits per heavy atom. The summed E-state index contributed by atoms with van der Waals surface area (Å²) in [5.41, 5.74) is -0.0613. The Balaban J connectivity index is 0.000000612. The molecule has 8 heteroatoms. The molecule has 0 radical (unpaired) electrons. The molecule has 0 saturated heterocycles. The second-order valence-electron chi connectivity index (χ2n) is 6.75. The molecule has 2 rings (SSSR count). The minimum absolute atomic E-state index is 0.0613. The molecule has 0 amide bonds. The average molecular weight is 422 g/mol. The first-order valence-corrected chi connectivity index (χ1v) is 9.93. The van der Waals surface area contributed by atoms with Gasteiger partial charge in [-0.15, -0.1) is 11.8 Å². The highest BCUT2D eigenvalue weighted by atomic mass is 32.2. The zero-order valence-electron chi connectivity index (χ0n) is 16.4. The van der Waals surface area contributed by atoms with Crippen LogP contribution in [0.3, 0.4) is 0 Å². The molecule has 7 nitrogen and oxygen atoms in total. The minimum atomic E-state index is -1.82. The van der Waals surface area contributed by atoms with Crippen molar-refractivity contribution in [3.8, 4) is 5.75 Å². The number of ether oxygens (including phenoxy) is 1. The van der Waals surface area contributed by atoms with Crippen LogP contribution in [0.1, 0.15) is 13.8 Å². The van der Waals surface area contributed by atoms with Crippen LogP contribution in [0.5, 0.6) is 5.75 Å². The molecular formula is C21H27NO6S. The monoisotopic (exact) mass is 421 g/mol. The van der Waals surface area contributed by atoms with Gasteiger partial charge in [-0.05, 0) is 38.1 Å². The summed E-state index contributed by atoms with van der Waals surface area (Å²) >= 11 is 1.81. The summed E-state index contributed by atoms with van der Waals surface area (Å²) in [4.78, 5) is 19.5. The Morgan fingerprint density at radius 1 is 1.00 bits per heavy atom. The number of aliphatic hydroxyl groups excluding tert-OH is 1. The van der Waals surface area contributed by atoms with Gasteiger partial charge in [0, 0.05) is 22.7 Å². The van der Waals surface area contributed by atoms with Crippen molar-refractivity contribution in [1.29, 1.82) is 0 Å². The van der Waals surface area contributed by atoms with E-state index in [1.807, 2.05) is 60.3 Å². The zero-order valence-corrected chi connectivity index (χ0v) is 17.3. The average Bonchev–Trinajstić information content (AvgIpc) is 2.71. The van der Waals surface area contributed by atoms with Crippen LogP contribution in [0.25, 0.3) is 0 Å². The Labute approximate surface area is 174 Å². The highest BCUT2D eigenvalue weighted by molar-refractivity contribution is 7.99. The van der Waals surface area contributed by atoms with E-state index in [2.05, 4.69) is 31.3 Å². The van der Waals surface area contributed by atoms with E-state index in [4.69, 9.17) is 24.5 Å². The molecule has 0 fully saturated rings. The lowest BCUT2D eigenvalue weighted by Crippen LogP contribution is -2.46. The van der Waals surface area contributed by atoms with E-state index >= 15 is 0 Å². The summed E-state index contributed by atoms with van der Waals surface area (Å²) in [5.74, 6) is -1.93. The number of hydrogen-bond acceptors (Lipinski definition) is 6. The number of aliphatic hydroxyl groups is 1. The molecule has 0 aliphatic carbocycles. The Hall–Kier alpha value is -2.55. The lowest BCUT2D eigenvalue weighted by atomic mass is 10.1. The fraction of sp³-hybridized carbons (Fsp3) is 0.333. The molecule has 29 heavy (non-hydrogen) atoms. The largest absolute Gasteiger partial charge is 0.491 e. The molecule has 0 aliphatic rings. The Bertz CT molecular complexity index is 727. The first-order valence-electron chi connectivity index (χ1n) is 8.94. The van der Waals surface area contributed by atoms with Crippen molar-refractivity contribution in [3.63, 3.8) is 0 Å². The van der Waals surface area contributed by atoms with Crippen LogP contribution in [0.2, 0.25) is 0 Å². The highest BCUT2D eigenvalue weighted by Gasteiger charge is 2.19. The molecule has 0 heterocycles. The van der Waals surface area contributed by atoms with Gasteiger partial charge in [-0.2, -0.15) is 0 Å². The van der Waals surface area contributed by atoms with E-state index in [-0.39, 0.29) is 5.54 Å². The minimum Gasteiger partial charge on any atom is -0.491 e. The summed E-state index contributed by atoms with van der Waals surface area (Å²) in [6.45, 7) is 5.09. The van der Waals surface area contributed by atoms with E-state index in [0.29, 0.717) is 13.2 Å². The van der Waals surface area contributed by atoms with Gasteiger partial charge < -0.3 is 25.4 Å². The third-order valence-corrected chi connectivity index (χ3v) is 5.00. The van der Waals surface area contributed by atoms with Crippen molar-refractivity contribution in [1.82, 2.24) is 5.32 Å². The second kappa shape index (κ2) is 12.8.